The molecule has 1 aliphatic carbocycles. The quantitative estimate of drug-likeness (QED) is 0.828. The molecular weight excluding hydrogens is 306 g/mol. The molecule has 2 aliphatic rings. The molecule has 0 unspecified atom stereocenters. The van der Waals surface area contributed by atoms with Crippen molar-refractivity contribution in [1.82, 2.24) is 15.5 Å². The van der Waals surface area contributed by atoms with E-state index in [1.807, 2.05) is 31.2 Å². The van der Waals surface area contributed by atoms with Crippen LogP contribution in [0.2, 0.25) is 0 Å². The van der Waals surface area contributed by atoms with Crippen LogP contribution in [0.4, 0.5) is 4.79 Å². The summed E-state index contributed by atoms with van der Waals surface area (Å²) in [5.74, 6) is -0.579. The second kappa shape index (κ2) is 6.63. The second-order valence-electron chi connectivity index (χ2n) is 6.73. The molecule has 4 amide bonds. The second-order valence-corrected chi connectivity index (χ2v) is 6.73. The summed E-state index contributed by atoms with van der Waals surface area (Å²) in [4.78, 5) is 37.9. The van der Waals surface area contributed by atoms with Crippen LogP contribution < -0.4 is 10.6 Å². The summed E-state index contributed by atoms with van der Waals surface area (Å²) < 4.78 is 0. The molecule has 1 saturated carbocycles. The normalized spacial score (nSPS) is 19.5. The summed E-state index contributed by atoms with van der Waals surface area (Å²) in [5.41, 5.74) is 1.36. The van der Waals surface area contributed by atoms with E-state index in [0.717, 1.165) is 35.3 Å². The van der Waals surface area contributed by atoms with Crippen LogP contribution in [-0.2, 0) is 16.1 Å². The molecule has 1 aliphatic heterocycles. The maximum absolute atomic E-state index is 12.6. The third kappa shape index (κ3) is 3.27. The molecule has 1 spiro atoms. The Labute approximate surface area is 141 Å². The van der Waals surface area contributed by atoms with Crippen molar-refractivity contribution >= 4 is 17.8 Å². The molecule has 128 valence electrons. The van der Waals surface area contributed by atoms with Gasteiger partial charge < -0.3 is 10.6 Å². The average Bonchev–Trinajstić information content (AvgIpc) is 2.79. The maximum atomic E-state index is 12.6. The number of hydrogen-bond donors (Lipinski definition) is 2. The number of hydrogen-bond acceptors (Lipinski definition) is 3. The molecule has 1 aromatic rings. The summed E-state index contributed by atoms with van der Waals surface area (Å²) in [7, 11) is 0. The first kappa shape index (κ1) is 16.5. The SMILES string of the molecule is Cc1ccc(CNC(=O)CN2C(=O)NC3(CCCCC3)C2=O)cc1. The Morgan fingerprint density at radius 2 is 1.83 bits per heavy atom. The average molecular weight is 329 g/mol. The predicted octanol–water partition coefficient (Wildman–Crippen LogP) is 1.87. The molecule has 2 N–H and O–H groups in total. The number of rotatable bonds is 4. The third-order valence-corrected chi connectivity index (χ3v) is 4.87. The highest BCUT2D eigenvalue weighted by atomic mass is 16.2. The van der Waals surface area contributed by atoms with Gasteiger partial charge in [0.15, 0.2) is 0 Å². The highest BCUT2D eigenvalue weighted by molar-refractivity contribution is 6.09. The topological polar surface area (TPSA) is 78.5 Å². The minimum absolute atomic E-state index is 0.224. The van der Waals surface area contributed by atoms with E-state index in [0.29, 0.717) is 19.4 Å². The lowest BCUT2D eigenvalue weighted by molar-refractivity contribution is -0.135. The molecule has 1 aromatic carbocycles. The van der Waals surface area contributed by atoms with Gasteiger partial charge in [0.05, 0.1) is 0 Å². The first-order valence-electron chi connectivity index (χ1n) is 8.46. The minimum atomic E-state index is -0.771. The van der Waals surface area contributed by atoms with Crippen LogP contribution in [0.1, 0.15) is 43.2 Å². The van der Waals surface area contributed by atoms with Gasteiger partial charge >= 0.3 is 6.03 Å². The summed E-state index contributed by atoms with van der Waals surface area (Å²) in [6, 6.07) is 7.39. The highest BCUT2D eigenvalue weighted by Gasteiger charge is 2.51. The van der Waals surface area contributed by atoms with Crippen molar-refractivity contribution < 1.29 is 14.4 Å². The fraction of sp³-hybridized carbons (Fsp3) is 0.500. The fourth-order valence-electron chi connectivity index (χ4n) is 3.42. The van der Waals surface area contributed by atoms with Crippen LogP contribution in [0.25, 0.3) is 0 Å². The Morgan fingerprint density at radius 1 is 1.17 bits per heavy atom. The van der Waals surface area contributed by atoms with Gasteiger partial charge in [0.2, 0.25) is 5.91 Å². The molecule has 0 radical (unpaired) electrons. The maximum Gasteiger partial charge on any atom is 0.325 e. The minimum Gasteiger partial charge on any atom is -0.350 e. The van der Waals surface area contributed by atoms with Crippen molar-refractivity contribution in [2.24, 2.45) is 0 Å². The van der Waals surface area contributed by atoms with E-state index in [1.54, 1.807) is 0 Å². The van der Waals surface area contributed by atoms with Gasteiger partial charge in [0.1, 0.15) is 12.1 Å². The zero-order chi connectivity index (χ0) is 17.2. The zero-order valence-corrected chi connectivity index (χ0v) is 13.9. The molecular formula is C18H23N3O3. The lowest BCUT2D eigenvalue weighted by Gasteiger charge is -2.30. The van der Waals surface area contributed by atoms with Gasteiger partial charge in [-0.25, -0.2) is 4.79 Å². The molecule has 2 fully saturated rings. The standard InChI is InChI=1S/C18H23N3O3/c1-13-5-7-14(8-6-13)11-19-15(22)12-21-16(23)18(20-17(21)24)9-3-2-4-10-18/h5-8H,2-4,9-12H2,1H3,(H,19,22)(H,20,24). The first-order chi connectivity index (χ1) is 11.5. The fourth-order valence-corrected chi connectivity index (χ4v) is 3.42. The number of amides is 4. The summed E-state index contributed by atoms with van der Waals surface area (Å²) in [5, 5.41) is 5.58. The van der Waals surface area contributed by atoms with E-state index in [9.17, 15) is 14.4 Å². The number of nitrogens with zero attached hydrogens (tertiary/aromatic N) is 1. The van der Waals surface area contributed by atoms with Crippen LogP contribution in [0, 0.1) is 6.92 Å². The van der Waals surface area contributed by atoms with Gasteiger partial charge in [-0.3, -0.25) is 14.5 Å². The van der Waals surface area contributed by atoms with Gasteiger partial charge in [-0.05, 0) is 25.3 Å². The number of aryl methyl sites for hydroxylation is 1. The number of urea groups is 1. The number of nitrogens with one attached hydrogen (secondary N) is 2. The van der Waals surface area contributed by atoms with Gasteiger partial charge in [0, 0.05) is 6.54 Å². The Morgan fingerprint density at radius 3 is 2.50 bits per heavy atom. The lowest BCUT2D eigenvalue weighted by Crippen LogP contribution is -2.49. The lowest BCUT2D eigenvalue weighted by atomic mass is 9.82. The Hall–Kier alpha value is -2.37. The summed E-state index contributed by atoms with van der Waals surface area (Å²) in [6.07, 6.45) is 4.28. The molecule has 0 atom stereocenters. The van der Waals surface area contributed by atoms with Crippen molar-refractivity contribution in [3.8, 4) is 0 Å². The van der Waals surface area contributed by atoms with Gasteiger partial charge in [-0.15, -0.1) is 0 Å². The van der Waals surface area contributed by atoms with Crippen molar-refractivity contribution in [3.63, 3.8) is 0 Å². The van der Waals surface area contributed by atoms with Crippen LogP contribution in [-0.4, -0.2) is 34.8 Å². The molecule has 6 nitrogen and oxygen atoms in total. The van der Waals surface area contributed by atoms with Crippen LogP contribution in [0.5, 0.6) is 0 Å². The summed E-state index contributed by atoms with van der Waals surface area (Å²) in [6.45, 7) is 2.16. The monoisotopic (exact) mass is 329 g/mol. The molecule has 0 aromatic heterocycles. The van der Waals surface area contributed by atoms with Crippen LogP contribution >= 0.6 is 0 Å². The summed E-state index contributed by atoms with van der Waals surface area (Å²) >= 11 is 0. The van der Waals surface area contributed by atoms with Crippen molar-refractivity contribution in [1.29, 1.82) is 0 Å². The molecule has 24 heavy (non-hydrogen) atoms. The molecule has 3 rings (SSSR count). The number of carbonyl (C=O) groups excluding carboxylic acids is 3. The zero-order valence-electron chi connectivity index (χ0n) is 13.9. The van der Waals surface area contributed by atoms with Gasteiger partial charge in [-0.2, -0.15) is 0 Å². The third-order valence-electron chi connectivity index (χ3n) is 4.87. The van der Waals surface area contributed by atoms with Gasteiger partial charge in [-0.1, -0.05) is 49.1 Å². The first-order valence-corrected chi connectivity index (χ1v) is 8.46. The van der Waals surface area contributed by atoms with E-state index in [4.69, 9.17) is 0 Å². The molecule has 1 heterocycles. The molecule has 1 saturated heterocycles. The van der Waals surface area contributed by atoms with Crippen molar-refractivity contribution in [3.05, 3.63) is 35.4 Å². The van der Waals surface area contributed by atoms with E-state index in [2.05, 4.69) is 10.6 Å². The van der Waals surface area contributed by atoms with E-state index in [1.165, 1.54) is 0 Å². The Balaban J connectivity index is 1.56. The van der Waals surface area contributed by atoms with E-state index < -0.39 is 11.6 Å². The molecule has 0 bridgehead atoms. The number of carbonyl (C=O) groups is 3. The largest absolute Gasteiger partial charge is 0.350 e. The predicted molar refractivity (Wildman–Crippen MR) is 89.1 cm³/mol. The van der Waals surface area contributed by atoms with Crippen molar-refractivity contribution in [2.75, 3.05) is 6.54 Å². The van der Waals surface area contributed by atoms with E-state index >= 15 is 0 Å². The van der Waals surface area contributed by atoms with Crippen molar-refractivity contribution in [2.45, 2.75) is 51.1 Å². The Bertz CT molecular complexity index is 648. The Kier molecular flexibility index (Phi) is 4.55. The molecule has 6 heteroatoms. The van der Waals surface area contributed by atoms with Crippen LogP contribution in [0.3, 0.4) is 0 Å². The number of benzene rings is 1. The highest BCUT2D eigenvalue weighted by Crippen LogP contribution is 2.33. The van der Waals surface area contributed by atoms with E-state index in [-0.39, 0.29) is 18.4 Å². The number of imide groups is 1. The van der Waals surface area contributed by atoms with Crippen LogP contribution in [0.15, 0.2) is 24.3 Å². The van der Waals surface area contributed by atoms with Gasteiger partial charge in [0.25, 0.3) is 5.91 Å². The smallest absolute Gasteiger partial charge is 0.325 e.